The van der Waals surface area contributed by atoms with E-state index >= 15 is 0 Å². The predicted molar refractivity (Wildman–Crippen MR) is 83.1 cm³/mol. The number of nitrogens with zero attached hydrogens (tertiary/aromatic N) is 1. The van der Waals surface area contributed by atoms with Crippen LogP contribution in [0.2, 0.25) is 0 Å². The summed E-state index contributed by atoms with van der Waals surface area (Å²) in [5, 5.41) is 3.45. The van der Waals surface area contributed by atoms with Crippen molar-refractivity contribution in [2.24, 2.45) is 0 Å². The number of methoxy groups -OCH3 is 1. The summed E-state index contributed by atoms with van der Waals surface area (Å²) in [6, 6.07) is 6.04. The second-order valence-electron chi connectivity index (χ2n) is 5.30. The van der Waals surface area contributed by atoms with Crippen LogP contribution in [-0.4, -0.2) is 58.0 Å². The van der Waals surface area contributed by atoms with Crippen LogP contribution in [0.4, 0.5) is 0 Å². The summed E-state index contributed by atoms with van der Waals surface area (Å²) in [6.07, 6.45) is 0.272. The minimum atomic E-state index is 0.272. The molecule has 0 aromatic heterocycles. The fraction of sp³-hybridized carbons (Fsp3) is 0.625. The molecule has 1 aromatic rings. The van der Waals surface area contributed by atoms with Crippen molar-refractivity contribution in [2.75, 3.05) is 47.0 Å². The maximum absolute atomic E-state index is 5.74. The van der Waals surface area contributed by atoms with Crippen molar-refractivity contribution >= 4 is 0 Å². The molecule has 0 radical (unpaired) electrons. The Morgan fingerprint density at radius 1 is 1.38 bits per heavy atom. The highest BCUT2D eigenvalue weighted by Crippen LogP contribution is 2.27. The number of likely N-dealkylation sites (N-methyl/N-ethyl adjacent to an activating group) is 1. The Bertz CT molecular complexity index is 440. The van der Waals surface area contributed by atoms with E-state index in [0.29, 0.717) is 6.61 Å². The van der Waals surface area contributed by atoms with E-state index in [9.17, 15) is 0 Å². The summed E-state index contributed by atoms with van der Waals surface area (Å²) >= 11 is 0. The molecule has 0 spiro atoms. The van der Waals surface area contributed by atoms with Crippen molar-refractivity contribution in [3.05, 3.63) is 23.8 Å². The molecule has 0 bridgehead atoms. The summed E-state index contributed by atoms with van der Waals surface area (Å²) < 4.78 is 16.6. The second-order valence-corrected chi connectivity index (χ2v) is 5.30. The SMILES string of the molecule is CCOc1cc(CNC[C@@H]2CN(C)CCO2)ccc1OC. The first-order chi connectivity index (χ1) is 10.2. The quantitative estimate of drug-likeness (QED) is 0.826. The molecule has 1 aliphatic rings. The van der Waals surface area contributed by atoms with Gasteiger partial charge in [-0.25, -0.2) is 0 Å². The highest BCUT2D eigenvalue weighted by atomic mass is 16.5. The molecule has 0 aliphatic carbocycles. The van der Waals surface area contributed by atoms with Gasteiger partial charge in [-0.1, -0.05) is 6.07 Å². The van der Waals surface area contributed by atoms with E-state index in [4.69, 9.17) is 14.2 Å². The standard InChI is InChI=1S/C16H26N2O3/c1-4-20-16-9-13(5-6-15(16)19-3)10-17-11-14-12-18(2)7-8-21-14/h5-6,9,14,17H,4,7-8,10-12H2,1-3H3/t14-/m1/s1. The number of hydrogen-bond donors (Lipinski definition) is 1. The van der Waals surface area contributed by atoms with Crippen LogP contribution in [-0.2, 0) is 11.3 Å². The van der Waals surface area contributed by atoms with Crippen LogP contribution in [0.1, 0.15) is 12.5 Å². The summed E-state index contributed by atoms with van der Waals surface area (Å²) in [5.74, 6) is 1.57. The van der Waals surface area contributed by atoms with Gasteiger partial charge < -0.3 is 24.4 Å². The average molecular weight is 294 g/mol. The van der Waals surface area contributed by atoms with Gasteiger partial charge in [0.05, 0.1) is 26.4 Å². The third-order valence-corrected chi connectivity index (χ3v) is 3.57. The van der Waals surface area contributed by atoms with Crippen molar-refractivity contribution in [3.8, 4) is 11.5 Å². The molecular formula is C16H26N2O3. The molecule has 1 fully saturated rings. The van der Waals surface area contributed by atoms with Crippen molar-refractivity contribution < 1.29 is 14.2 Å². The van der Waals surface area contributed by atoms with Gasteiger partial charge >= 0.3 is 0 Å². The van der Waals surface area contributed by atoms with E-state index in [1.165, 1.54) is 5.56 Å². The van der Waals surface area contributed by atoms with Gasteiger partial charge in [0.1, 0.15) is 0 Å². The molecule has 0 saturated carbocycles. The minimum Gasteiger partial charge on any atom is -0.493 e. The molecule has 0 unspecified atom stereocenters. The van der Waals surface area contributed by atoms with Gasteiger partial charge in [0.15, 0.2) is 11.5 Å². The van der Waals surface area contributed by atoms with Crippen LogP contribution < -0.4 is 14.8 Å². The highest BCUT2D eigenvalue weighted by Gasteiger charge is 2.16. The zero-order valence-corrected chi connectivity index (χ0v) is 13.2. The van der Waals surface area contributed by atoms with E-state index < -0.39 is 0 Å². The van der Waals surface area contributed by atoms with Gasteiger partial charge in [0, 0.05) is 26.2 Å². The number of rotatable bonds is 7. The minimum absolute atomic E-state index is 0.272. The lowest BCUT2D eigenvalue weighted by molar-refractivity contribution is -0.0182. The van der Waals surface area contributed by atoms with Crippen LogP contribution in [0.3, 0.4) is 0 Å². The second kappa shape index (κ2) is 8.22. The van der Waals surface area contributed by atoms with Crippen LogP contribution in [0.25, 0.3) is 0 Å². The van der Waals surface area contributed by atoms with Gasteiger partial charge in [-0.3, -0.25) is 0 Å². The van der Waals surface area contributed by atoms with Crippen LogP contribution in [0.5, 0.6) is 11.5 Å². The third-order valence-electron chi connectivity index (χ3n) is 3.57. The summed E-state index contributed by atoms with van der Waals surface area (Å²) in [6.45, 7) is 7.09. The Hall–Kier alpha value is -1.30. The van der Waals surface area contributed by atoms with Crippen molar-refractivity contribution in [2.45, 2.75) is 19.6 Å². The summed E-state index contributed by atoms with van der Waals surface area (Å²) in [4.78, 5) is 2.30. The molecule has 118 valence electrons. The molecular weight excluding hydrogens is 268 g/mol. The highest BCUT2D eigenvalue weighted by molar-refractivity contribution is 5.42. The van der Waals surface area contributed by atoms with E-state index in [2.05, 4.69) is 23.3 Å². The molecule has 1 aliphatic heterocycles. The van der Waals surface area contributed by atoms with Crippen molar-refractivity contribution in [1.82, 2.24) is 10.2 Å². The summed E-state index contributed by atoms with van der Waals surface area (Å²) in [7, 11) is 3.79. The molecule has 1 N–H and O–H groups in total. The normalized spacial score (nSPS) is 19.5. The first-order valence-electron chi connectivity index (χ1n) is 7.53. The molecule has 1 saturated heterocycles. The molecule has 5 nitrogen and oxygen atoms in total. The molecule has 5 heteroatoms. The van der Waals surface area contributed by atoms with Crippen molar-refractivity contribution in [1.29, 1.82) is 0 Å². The summed E-state index contributed by atoms with van der Waals surface area (Å²) in [5.41, 5.74) is 1.18. The largest absolute Gasteiger partial charge is 0.493 e. The van der Waals surface area contributed by atoms with E-state index in [-0.39, 0.29) is 6.10 Å². The van der Waals surface area contributed by atoms with E-state index in [0.717, 1.165) is 44.3 Å². The van der Waals surface area contributed by atoms with Crippen LogP contribution in [0, 0.1) is 0 Å². The van der Waals surface area contributed by atoms with E-state index in [1.807, 2.05) is 19.1 Å². The number of ether oxygens (including phenoxy) is 3. The number of morpholine rings is 1. The first-order valence-corrected chi connectivity index (χ1v) is 7.53. The lowest BCUT2D eigenvalue weighted by Crippen LogP contribution is -2.44. The van der Waals surface area contributed by atoms with Gasteiger partial charge in [0.25, 0.3) is 0 Å². The lowest BCUT2D eigenvalue weighted by atomic mass is 10.2. The monoisotopic (exact) mass is 294 g/mol. The van der Waals surface area contributed by atoms with Crippen LogP contribution in [0.15, 0.2) is 18.2 Å². The molecule has 1 atom stereocenters. The number of nitrogens with one attached hydrogen (secondary N) is 1. The zero-order chi connectivity index (χ0) is 15.1. The van der Waals surface area contributed by atoms with Crippen molar-refractivity contribution in [3.63, 3.8) is 0 Å². The first kappa shape index (κ1) is 16.1. The zero-order valence-electron chi connectivity index (χ0n) is 13.2. The Morgan fingerprint density at radius 2 is 2.24 bits per heavy atom. The van der Waals surface area contributed by atoms with Gasteiger partial charge in [-0.05, 0) is 31.7 Å². The van der Waals surface area contributed by atoms with Gasteiger partial charge in [-0.2, -0.15) is 0 Å². The number of benzene rings is 1. The smallest absolute Gasteiger partial charge is 0.161 e. The Labute approximate surface area is 127 Å². The van der Waals surface area contributed by atoms with Gasteiger partial charge in [-0.15, -0.1) is 0 Å². The Morgan fingerprint density at radius 3 is 2.95 bits per heavy atom. The third kappa shape index (κ3) is 4.88. The predicted octanol–water partition coefficient (Wildman–Crippen LogP) is 1.51. The molecule has 1 aromatic carbocycles. The topological polar surface area (TPSA) is 43.0 Å². The fourth-order valence-electron chi connectivity index (χ4n) is 2.47. The maximum atomic E-state index is 5.74. The maximum Gasteiger partial charge on any atom is 0.161 e. The molecule has 2 rings (SSSR count). The number of hydrogen-bond acceptors (Lipinski definition) is 5. The Balaban J connectivity index is 1.83. The molecule has 0 amide bonds. The lowest BCUT2D eigenvalue weighted by Gasteiger charge is -2.30. The molecule has 21 heavy (non-hydrogen) atoms. The Kier molecular flexibility index (Phi) is 6.29. The molecule has 1 heterocycles. The van der Waals surface area contributed by atoms with Crippen LogP contribution >= 0.6 is 0 Å². The fourth-order valence-corrected chi connectivity index (χ4v) is 2.47. The van der Waals surface area contributed by atoms with E-state index in [1.54, 1.807) is 7.11 Å². The van der Waals surface area contributed by atoms with Gasteiger partial charge in [0.2, 0.25) is 0 Å². The average Bonchev–Trinajstić information content (AvgIpc) is 2.48.